The summed E-state index contributed by atoms with van der Waals surface area (Å²) < 4.78 is 5.91. The van der Waals surface area contributed by atoms with Crippen LogP contribution in [0.3, 0.4) is 0 Å². The van der Waals surface area contributed by atoms with E-state index in [0.717, 1.165) is 22.6 Å². The Kier molecular flexibility index (Phi) is 2.64. The van der Waals surface area contributed by atoms with Crippen molar-refractivity contribution in [2.75, 3.05) is 7.05 Å². The topological polar surface area (TPSA) is 25.2 Å². The molecule has 1 saturated carbocycles. The van der Waals surface area contributed by atoms with Crippen LogP contribution in [0.2, 0.25) is 5.02 Å². The lowest BCUT2D eigenvalue weighted by atomic mass is 10.1. The Morgan fingerprint density at radius 2 is 2.12 bits per heavy atom. The summed E-state index contributed by atoms with van der Waals surface area (Å²) in [5.41, 5.74) is 1.98. The highest BCUT2D eigenvalue weighted by Gasteiger charge is 2.33. The summed E-state index contributed by atoms with van der Waals surface area (Å²) in [6, 6.07) is 6.52. The lowest BCUT2D eigenvalue weighted by Gasteiger charge is -2.11. The van der Waals surface area contributed by atoms with Crippen LogP contribution in [-0.2, 0) is 0 Å². The number of fused-ring (bicyclic) bond motifs is 1. The molecule has 17 heavy (non-hydrogen) atoms. The van der Waals surface area contributed by atoms with E-state index in [1.54, 1.807) is 0 Å². The summed E-state index contributed by atoms with van der Waals surface area (Å²) in [7, 11) is 1.99. The summed E-state index contributed by atoms with van der Waals surface area (Å²) in [4.78, 5) is 0. The van der Waals surface area contributed by atoms with Gasteiger partial charge in [-0.15, -0.1) is 0 Å². The molecule has 0 bridgehead atoms. The first kappa shape index (κ1) is 11.1. The van der Waals surface area contributed by atoms with E-state index in [1.807, 2.05) is 13.1 Å². The Bertz CT molecular complexity index is 557. The van der Waals surface area contributed by atoms with Crippen LogP contribution in [0.5, 0.6) is 0 Å². The summed E-state index contributed by atoms with van der Waals surface area (Å²) >= 11 is 6.20. The average molecular weight is 250 g/mol. The van der Waals surface area contributed by atoms with E-state index in [0.29, 0.717) is 11.1 Å². The van der Waals surface area contributed by atoms with Crippen molar-refractivity contribution in [2.45, 2.75) is 25.8 Å². The standard InChI is InChI=1S/C14H16ClNO/c1-8-5-10-7-12(13(16-2)9-3-4-9)17-14(10)11(15)6-8/h5-7,9,13,16H,3-4H2,1-2H3. The first-order valence-corrected chi connectivity index (χ1v) is 6.43. The molecule has 1 aliphatic carbocycles. The van der Waals surface area contributed by atoms with Crippen LogP contribution in [0.1, 0.15) is 30.2 Å². The van der Waals surface area contributed by atoms with Gasteiger partial charge in [0.05, 0.1) is 11.1 Å². The van der Waals surface area contributed by atoms with Crippen molar-refractivity contribution in [1.82, 2.24) is 5.32 Å². The van der Waals surface area contributed by atoms with E-state index in [-0.39, 0.29) is 0 Å². The maximum Gasteiger partial charge on any atom is 0.152 e. The third-order valence-corrected chi connectivity index (χ3v) is 3.73. The van der Waals surface area contributed by atoms with Crippen LogP contribution in [0, 0.1) is 12.8 Å². The van der Waals surface area contributed by atoms with E-state index in [1.165, 1.54) is 18.4 Å². The van der Waals surface area contributed by atoms with Gasteiger partial charge in [-0.1, -0.05) is 11.6 Å². The van der Waals surface area contributed by atoms with Gasteiger partial charge < -0.3 is 9.73 Å². The van der Waals surface area contributed by atoms with Crippen LogP contribution in [0.15, 0.2) is 22.6 Å². The molecule has 1 N–H and O–H groups in total. The fraction of sp³-hybridized carbons (Fsp3) is 0.429. The predicted molar refractivity (Wildman–Crippen MR) is 70.5 cm³/mol. The Morgan fingerprint density at radius 1 is 1.35 bits per heavy atom. The molecule has 0 spiro atoms. The van der Waals surface area contributed by atoms with Crippen LogP contribution in [0.4, 0.5) is 0 Å². The maximum absolute atomic E-state index is 6.20. The van der Waals surface area contributed by atoms with Gasteiger partial charge in [-0.2, -0.15) is 0 Å². The molecule has 1 heterocycles. The fourth-order valence-electron chi connectivity index (χ4n) is 2.46. The van der Waals surface area contributed by atoms with Crippen LogP contribution in [-0.4, -0.2) is 7.05 Å². The fourth-order valence-corrected chi connectivity index (χ4v) is 2.78. The van der Waals surface area contributed by atoms with Crippen molar-refractivity contribution in [3.8, 4) is 0 Å². The SMILES string of the molecule is CNC(c1cc2cc(C)cc(Cl)c2o1)C1CC1. The molecule has 1 fully saturated rings. The predicted octanol–water partition coefficient (Wildman–Crippen LogP) is 4.07. The molecule has 2 aromatic rings. The van der Waals surface area contributed by atoms with Gasteiger partial charge >= 0.3 is 0 Å². The largest absolute Gasteiger partial charge is 0.458 e. The van der Waals surface area contributed by atoms with Crippen LogP contribution < -0.4 is 5.32 Å². The van der Waals surface area contributed by atoms with Crippen molar-refractivity contribution in [1.29, 1.82) is 0 Å². The number of benzene rings is 1. The second-order valence-electron chi connectivity index (χ2n) is 4.92. The zero-order chi connectivity index (χ0) is 12.0. The monoisotopic (exact) mass is 249 g/mol. The van der Waals surface area contributed by atoms with E-state index < -0.39 is 0 Å². The Balaban J connectivity index is 2.09. The summed E-state index contributed by atoms with van der Waals surface area (Å²) in [6.45, 7) is 2.05. The Hall–Kier alpha value is -0.990. The molecule has 1 aliphatic rings. The molecule has 1 aromatic carbocycles. The zero-order valence-corrected chi connectivity index (χ0v) is 10.8. The molecular formula is C14H16ClNO. The zero-order valence-electron chi connectivity index (χ0n) is 10.1. The van der Waals surface area contributed by atoms with Gasteiger partial charge in [-0.05, 0) is 56.5 Å². The molecule has 0 amide bonds. The van der Waals surface area contributed by atoms with Crippen LogP contribution in [0.25, 0.3) is 11.0 Å². The number of hydrogen-bond donors (Lipinski definition) is 1. The molecule has 2 nitrogen and oxygen atoms in total. The van der Waals surface area contributed by atoms with Gasteiger partial charge in [0.15, 0.2) is 5.58 Å². The van der Waals surface area contributed by atoms with E-state index in [4.69, 9.17) is 16.0 Å². The number of halogens is 1. The van der Waals surface area contributed by atoms with Gasteiger partial charge in [0.2, 0.25) is 0 Å². The second-order valence-corrected chi connectivity index (χ2v) is 5.32. The van der Waals surface area contributed by atoms with Gasteiger partial charge in [-0.25, -0.2) is 0 Å². The molecule has 3 rings (SSSR count). The number of furan rings is 1. The van der Waals surface area contributed by atoms with Crippen molar-refractivity contribution >= 4 is 22.6 Å². The first-order valence-electron chi connectivity index (χ1n) is 6.06. The van der Waals surface area contributed by atoms with Gasteiger partial charge in [-0.3, -0.25) is 0 Å². The second kappa shape index (κ2) is 4.04. The number of rotatable bonds is 3. The molecule has 0 aliphatic heterocycles. The van der Waals surface area contributed by atoms with E-state index in [2.05, 4.69) is 24.4 Å². The molecule has 1 aromatic heterocycles. The van der Waals surface area contributed by atoms with Crippen molar-refractivity contribution in [3.63, 3.8) is 0 Å². The van der Waals surface area contributed by atoms with Crippen molar-refractivity contribution in [2.24, 2.45) is 5.92 Å². The van der Waals surface area contributed by atoms with Crippen molar-refractivity contribution in [3.05, 3.63) is 34.5 Å². The molecule has 0 saturated heterocycles. The van der Waals surface area contributed by atoms with Gasteiger partial charge in [0.1, 0.15) is 5.76 Å². The minimum atomic E-state index is 0.332. The lowest BCUT2D eigenvalue weighted by Crippen LogP contribution is -2.17. The Morgan fingerprint density at radius 3 is 2.76 bits per heavy atom. The third-order valence-electron chi connectivity index (χ3n) is 3.45. The molecule has 1 atom stereocenters. The van der Waals surface area contributed by atoms with E-state index >= 15 is 0 Å². The minimum Gasteiger partial charge on any atom is -0.458 e. The lowest BCUT2D eigenvalue weighted by molar-refractivity contribution is 0.419. The normalized spacial score (nSPS) is 17.6. The molecule has 1 unspecified atom stereocenters. The van der Waals surface area contributed by atoms with Crippen molar-refractivity contribution < 1.29 is 4.42 Å². The van der Waals surface area contributed by atoms with E-state index in [9.17, 15) is 0 Å². The summed E-state index contributed by atoms with van der Waals surface area (Å²) in [5.74, 6) is 1.73. The maximum atomic E-state index is 6.20. The molecule has 3 heteroatoms. The highest BCUT2D eigenvalue weighted by molar-refractivity contribution is 6.34. The first-order chi connectivity index (χ1) is 8.19. The Labute approximate surface area is 106 Å². The minimum absolute atomic E-state index is 0.332. The third kappa shape index (κ3) is 1.96. The number of aryl methyl sites for hydroxylation is 1. The summed E-state index contributed by atoms with van der Waals surface area (Å²) in [6.07, 6.45) is 2.57. The highest BCUT2D eigenvalue weighted by atomic mass is 35.5. The molecular weight excluding hydrogens is 234 g/mol. The smallest absolute Gasteiger partial charge is 0.152 e. The molecule has 0 radical (unpaired) electrons. The quantitative estimate of drug-likeness (QED) is 0.887. The highest BCUT2D eigenvalue weighted by Crippen LogP contribution is 2.42. The van der Waals surface area contributed by atoms with Gasteiger partial charge in [0.25, 0.3) is 0 Å². The molecule has 90 valence electrons. The van der Waals surface area contributed by atoms with Crippen LogP contribution >= 0.6 is 11.6 Å². The number of hydrogen-bond acceptors (Lipinski definition) is 2. The average Bonchev–Trinajstić information content (AvgIpc) is 3.00. The van der Waals surface area contributed by atoms with Gasteiger partial charge in [0, 0.05) is 5.39 Å². The summed E-state index contributed by atoms with van der Waals surface area (Å²) in [5, 5.41) is 5.15. The number of nitrogens with one attached hydrogen (secondary N) is 1.